The standard InChI is InChI=1S/C22H25N3O/c1-5-25(4)14-24-21-10-16(3)22(11-15(21)2)26-19-9-8-18(13-23)20(12-19)17-6-7-17/h8-12,14,17H,5-7H2,1-4H3/b24-14+. The third-order valence-corrected chi connectivity index (χ3v) is 4.77. The van der Waals surface area contributed by atoms with Gasteiger partial charge in [-0.15, -0.1) is 0 Å². The number of ether oxygens (including phenoxy) is 1. The fourth-order valence-electron chi connectivity index (χ4n) is 2.83. The van der Waals surface area contributed by atoms with E-state index in [4.69, 9.17) is 4.74 Å². The molecule has 0 unspecified atom stereocenters. The monoisotopic (exact) mass is 347 g/mol. The van der Waals surface area contributed by atoms with E-state index in [-0.39, 0.29) is 0 Å². The van der Waals surface area contributed by atoms with Crippen LogP contribution < -0.4 is 4.74 Å². The highest BCUT2D eigenvalue weighted by molar-refractivity contribution is 5.64. The van der Waals surface area contributed by atoms with Crippen LogP contribution in [0.25, 0.3) is 0 Å². The molecule has 134 valence electrons. The minimum absolute atomic E-state index is 0.517. The maximum absolute atomic E-state index is 9.29. The van der Waals surface area contributed by atoms with Gasteiger partial charge in [0.15, 0.2) is 0 Å². The second-order valence-electron chi connectivity index (χ2n) is 6.96. The molecule has 0 radical (unpaired) electrons. The van der Waals surface area contributed by atoms with Crippen LogP contribution >= 0.6 is 0 Å². The van der Waals surface area contributed by atoms with Gasteiger partial charge < -0.3 is 9.64 Å². The summed E-state index contributed by atoms with van der Waals surface area (Å²) in [5.41, 5.74) is 4.94. The molecule has 0 atom stereocenters. The van der Waals surface area contributed by atoms with Crippen LogP contribution in [0.15, 0.2) is 35.3 Å². The van der Waals surface area contributed by atoms with Crippen LogP contribution in [0.1, 0.15) is 47.9 Å². The quantitative estimate of drug-likeness (QED) is 0.515. The van der Waals surface area contributed by atoms with Crippen LogP contribution in [0.3, 0.4) is 0 Å². The van der Waals surface area contributed by atoms with Crippen LogP contribution in [0.5, 0.6) is 11.5 Å². The lowest BCUT2D eigenvalue weighted by molar-refractivity contribution is 0.478. The molecule has 1 fully saturated rings. The van der Waals surface area contributed by atoms with Crippen LogP contribution in [-0.4, -0.2) is 24.8 Å². The molecule has 0 aromatic heterocycles. The lowest BCUT2D eigenvalue weighted by Crippen LogP contribution is -2.14. The van der Waals surface area contributed by atoms with Gasteiger partial charge in [-0.3, -0.25) is 0 Å². The fraction of sp³-hybridized carbons (Fsp3) is 0.364. The van der Waals surface area contributed by atoms with E-state index in [0.717, 1.165) is 58.8 Å². The van der Waals surface area contributed by atoms with Gasteiger partial charge in [0, 0.05) is 13.6 Å². The average molecular weight is 347 g/mol. The van der Waals surface area contributed by atoms with Crippen molar-refractivity contribution in [2.24, 2.45) is 4.99 Å². The maximum atomic E-state index is 9.29. The Bertz CT molecular complexity index is 876. The zero-order valence-corrected chi connectivity index (χ0v) is 15.9. The molecule has 0 bridgehead atoms. The summed E-state index contributed by atoms with van der Waals surface area (Å²) >= 11 is 0. The molecule has 1 aliphatic carbocycles. The zero-order chi connectivity index (χ0) is 18.7. The molecule has 26 heavy (non-hydrogen) atoms. The van der Waals surface area contributed by atoms with Crippen LogP contribution in [0.2, 0.25) is 0 Å². The second kappa shape index (κ2) is 7.61. The topological polar surface area (TPSA) is 48.6 Å². The van der Waals surface area contributed by atoms with Crippen molar-refractivity contribution in [3.63, 3.8) is 0 Å². The fourth-order valence-corrected chi connectivity index (χ4v) is 2.83. The van der Waals surface area contributed by atoms with E-state index in [1.807, 2.05) is 56.4 Å². The minimum Gasteiger partial charge on any atom is -0.457 e. The highest BCUT2D eigenvalue weighted by atomic mass is 16.5. The van der Waals surface area contributed by atoms with Crippen molar-refractivity contribution < 1.29 is 4.74 Å². The Balaban J connectivity index is 1.84. The molecule has 1 aliphatic rings. The summed E-state index contributed by atoms with van der Waals surface area (Å²) in [7, 11) is 2.01. The molecule has 0 spiro atoms. The smallest absolute Gasteiger partial charge is 0.130 e. The van der Waals surface area contributed by atoms with Gasteiger partial charge in [0.05, 0.1) is 23.7 Å². The lowest BCUT2D eigenvalue weighted by Gasteiger charge is -2.14. The molecule has 2 aromatic rings. The summed E-state index contributed by atoms with van der Waals surface area (Å²) in [5, 5.41) is 9.29. The Morgan fingerprint density at radius 3 is 2.65 bits per heavy atom. The van der Waals surface area contributed by atoms with E-state index >= 15 is 0 Å². The van der Waals surface area contributed by atoms with Crippen molar-refractivity contribution in [2.75, 3.05) is 13.6 Å². The Morgan fingerprint density at radius 1 is 1.23 bits per heavy atom. The Morgan fingerprint density at radius 2 is 2.00 bits per heavy atom. The van der Waals surface area contributed by atoms with Gasteiger partial charge in [-0.2, -0.15) is 5.26 Å². The molecule has 0 heterocycles. The lowest BCUT2D eigenvalue weighted by atomic mass is 10.0. The minimum atomic E-state index is 0.517. The molecule has 4 nitrogen and oxygen atoms in total. The van der Waals surface area contributed by atoms with Crippen LogP contribution in [0.4, 0.5) is 5.69 Å². The summed E-state index contributed by atoms with van der Waals surface area (Å²) in [6.45, 7) is 7.08. The number of rotatable bonds is 6. The number of aliphatic imine (C=N–C) groups is 1. The molecular weight excluding hydrogens is 322 g/mol. The van der Waals surface area contributed by atoms with Gasteiger partial charge in [-0.1, -0.05) is 0 Å². The summed E-state index contributed by atoms with van der Waals surface area (Å²) in [6, 6.07) is 12.1. The largest absolute Gasteiger partial charge is 0.457 e. The summed E-state index contributed by atoms with van der Waals surface area (Å²) < 4.78 is 6.14. The predicted molar refractivity (Wildman–Crippen MR) is 106 cm³/mol. The average Bonchev–Trinajstić information content (AvgIpc) is 3.48. The van der Waals surface area contributed by atoms with Gasteiger partial charge in [-0.25, -0.2) is 4.99 Å². The summed E-state index contributed by atoms with van der Waals surface area (Å²) in [5.74, 6) is 2.13. The number of nitriles is 1. The molecule has 0 amide bonds. The first-order valence-electron chi connectivity index (χ1n) is 9.09. The summed E-state index contributed by atoms with van der Waals surface area (Å²) in [4.78, 5) is 6.60. The van der Waals surface area contributed by atoms with Gasteiger partial charge >= 0.3 is 0 Å². The first kappa shape index (κ1) is 18.0. The molecule has 4 heteroatoms. The summed E-state index contributed by atoms with van der Waals surface area (Å²) in [6.07, 6.45) is 4.18. The van der Waals surface area contributed by atoms with Gasteiger partial charge in [0.25, 0.3) is 0 Å². The third-order valence-electron chi connectivity index (χ3n) is 4.77. The van der Waals surface area contributed by atoms with E-state index in [2.05, 4.69) is 24.1 Å². The van der Waals surface area contributed by atoms with E-state index < -0.39 is 0 Å². The van der Waals surface area contributed by atoms with Gasteiger partial charge in [-0.05, 0) is 86.6 Å². The van der Waals surface area contributed by atoms with Gasteiger partial charge in [0.2, 0.25) is 0 Å². The molecule has 3 rings (SSSR count). The normalized spacial score (nSPS) is 13.7. The molecule has 0 aliphatic heterocycles. The highest BCUT2D eigenvalue weighted by Gasteiger charge is 2.26. The van der Waals surface area contributed by atoms with E-state index in [1.165, 1.54) is 0 Å². The Hall–Kier alpha value is -2.80. The van der Waals surface area contributed by atoms with E-state index in [9.17, 15) is 5.26 Å². The first-order chi connectivity index (χ1) is 12.5. The van der Waals surface area contributed by atoms with E-state index in [0.29, 0.717) is 5.92 Å². The number of hydrogen-bond acceptors (Lipinski definition) is 3. The Labute approximate surface area is 155 Å². The van der Waals surface area contributed by atoms with Crippen molar-refractivity contribution >= 4 is 12.0 Å². The zero-order valence-electron chi connectivity index (χ0n) is 15.9. The molecule has 0 saturated heterocycles. The number of hydrogen-bond donors (Lipinski definition) is 0. The molecular formula is C22H25N3O. The van der Waals surface area contributed by atoms with Crippen molar-refractivity contribution in [3.8, 4) is 17.6 Å². The highest BCUT2D eigenvalue weighted by Crippen LogP contribution is 2.43. The number of benzene rings is 2. The number of nitrogens with zero attached hydrogens (tertiary/aromatic N) is 3. The third kappa shape index (κ3) is 4.05. The molecule has 2 aromatic carbocycles. The molecule has 1 saturated carbocycles. The van der Waals surface area contributed by atoms with Crippen molar-refractivity contribution in [1.82, 2.24) is 4.90 Å². The number of aryl methyl sites for hydroxylation is 2. The van der Waals surface area contributed by atoms with Crippen molar-refractivity contribution in [2.45, 2.75) is 39.5 Å². The maximum Gasteiger partial charge on any atom is 0.130 e. The van der Waals surface area contributed by atoms with Crippen molar-refractivity contribution in [3.05, 3.63) is 52.6 Å². The van der Waals surface area contributed by atoms with E-state index in [1.54, 1.807) is 0 Å². The Kier molecular flexibility index (Phi) is 5.27. The first-order valence-corrected chi connectivity index (χ1v) is 9.09. The van der Waals surface area contributed by atoms with Crippen molar-refractivity contribution in [1.29, 1.82) is 5.26 Å². The van der Waals surface area contributed by atoms with Crippen LogP contribution in [0, 0.1) is 25.2 Å². The second-order valence-corrected chi connectivity index (χ2v) is 6.96. The predicted octanol–water partition coefficient (Wildman–Crippen LogP) is 5.46. The van der Waals surface area contributed by atoms with Gasteiger partial charge in [0.1, 0.15) is 11.5 Å². The SMILES string of the molecule is CCN(C)/C=N/c1cc(C)c(Oc2ccc(C#N)c(C3CC3)c2)cc1C. The van der Waals surface area contributed by atoms with Crippen LogP contribution in [-0.2, 0) is 0 Å². The molecule has 0 N–H and O–H groups in total.